The van der Waals surface area contributed by atoms with Crippen molar-refractivity contribution in [3.8, 4) is 0 Å². The highest BCUT2D eigenvalue weighted by molar-refractivity contribution is 5.92. The van der Waals surface area contributed by atoms with Gasteiger partial charge in [-0.2, -0.15) is 0 Å². The molecule has 0 saturated carbocycles. The van der Waals surface area contributed by atoms with E-state index in [9.17, 15) is 9.59 Å². The van der Waals surface area contributed by atoms with Crippen LogP contribution in [-0.4, -0.2) is 58.2 Å². The van der Waals surface area contributed by atoms with Gasteiger partial charge in [0.2, 0.25) is 0 Å². The molecule has 0 atom stereocenters. The van der Waals surface area contributed by atoms with Crippen LogP contribution < -0.4 is 11.5 Å². The molecular weight excluding hydrogens is 326 g/mol. The van der Waals surface area contributed by atoms with Gasteiger partial charge in [-0.15, -0.1) is 0 Å². The van der Waals surface area contributed by atoms with E-state index in [1.54, 1.807) is 29.2 Å². The molecule has 25 heavy (non-hydrogen) atoms. The molecule has 0 aliphatic carbocycles. The SMILES string of the molecule is Nc1cccc(C(=O)N2CCOCC2)n1.Nc1cccc(C(=O)O)n1. The quantitative estimate of drug-likeness (QED) is 0.713. The second-order valence-electron chi connectivity index (χ2n) is 5.11. The summed E-state index contributed by atoms with van der Waals surface area (Å²) < 4.78 is 5.17. The first-order chi connectivity index (χ1) is 12.0. The van der Waals surface area contributed by atoms with Crippen molar-refractivity contribution in [2.75, 3.05) is 37.8 Å². The number of pyridine rings is 2. The molecule has 2 aromatic heterocycles. The molecule has 3 rings (SSSR count). The molecule has 1 saturated heterocycles. The predicted octanol–water partition coefficient (Wildman–Crippen LogP) is 0.498. The zero-order chi connectivity index (χ0) is 18.2. The molecule has 0 unspecified atom stereocenters. The minimum Gasteiger partial charge on any atom is -0.477 e. The van der Waals surface area contributed by atoms with Crippen molar-refractivity contribution in [1.82, 2.24) is 14.9 Å². The van der Waals surface area contributed by atoms with E-state index in [0.717, 1.165) is 0 Å². The first-order valence-corrected chi connectivity index (χ1v) is 7.53. The van der Waals surface area contributed by atoms with E-state index in [1.807, 2.05) is 0 Å². The smallest absolute Gasteiger partial charge is 0.354 e. The number of carbonyl (C=O) groups excluding carboxylic acids is 1. The molecule has 0 spiro atoms. The largest absolute Gasteiger partial charge is 0.477 e. The lowest BCUT2D eigenvalue weighted by Crippen LogP contribution is -2.41. The van der Waals surface area contributed by atoms with Crippen LogP contribution in [0.15, 0.2) is 36.4 Å². The van der Waals surface area contributed by atoms with E-state index in [4.69, 9.17) is 21.3 Å². The molecule has 1 aliphatic rings. The second kappa shape index (κ2) is 8.60. The van der Waals surface area contributed by atoms with Gasteiger partial charge in [0.05, 0.1) is 13.2 Å². The van der Waals surface area contributed by atoms with E-state index >= 15 is 0 Å². The van der Waals surface area contributed by atoms with Crippen LogP contribution in [0.25, 0.3) is 0 Å². The first kappa shape index (κ1) is 18.1. The van der Waals surface area contributed by atoms with Crippen molar-refractivity contribution < 1.29 is 19.4 Å². The third kappa shape index (κ3) is 5.43. The van der Waals surface area contributed by atoms with Gasteiger partial charge in [-0.1, -0.05) is 12.1 Å². The molecule has 3 heterocycles. The van der Waals surface area contributed by atoms with Gasteiger partial charge in [-0.3, -0.25) is 4.79 Å². The van der Waals surface area contributed by atoms with E-state index < -0.39 is 5.97 Å². The van der Waals surface area contributed by atoms with E-state index in [0.29, 0.717) is 37.8 Å². The number of amides is 1. The molecule has 132 valence electrons. The number of carboxylic acids is 1. The molecule has 0 radical (unpaired) electrons. The zero-order valence-corrected chi connectivity index (χ0v) is 13.5. The number of nitrogens with two attached hydrogens (primary N) is 2. The summed E-state index contributed by atoms with van der Waals surface area (Å²) in [4.78, 5) is 31.4. The highest BCUT2D eigenvalue weighted by atomic mass is 16.5. The molecular formula is C16H19N5O4. The van der Waals surface area contributed by atoms with Crippen molar-refractivity contribution in [3.05, 3.63) is 47.8 Å². The Morgan fingerprint density at radius 1 is 0.960 bits per heavy atom. The minimum atomic E-state index is -1.06. The fourth-order valence-electron chi connectivity index (χ4n) is 2.07. The number of aromatic carboxylic acids is 1. The molecule has 1 fully saturated rings. The highest BCUT2D eigenvalue weighted by Crippen LogP contribution is 2.06. The summed E-state index contributed by atoms with van der Waals surface area (Å²) in [5, 5.41) is 8.39. The number of ether oxygens (including phenoxy) is 1. The maximum Gasteiger partial charge on any atom is 0.354 e. The molecule has 0 aromatic carbocycles. The van der Waals surface area contributed by atoms with Crippen molar-refractivity contribution in [2.24, 2.45) is 0 Å². The Hall–Kier alpha value is -3.20. The van der Waals surface area contributed by atoms with Crippen LogP contribution in [0.3, 0.4) is 0 Å². The number of morpholine rings is 1. The molecule has 2 aromatic rings. The lowest BCUT2D eigenvalue weighted by atomic mass is 10.3. The van der Waals surface area contributed by atoms with Gasteiger partial charge in [-0.25, -0.2) is 14.8 Å². The third-order valence-corrected chi connectivity index (χ3v) is 3.28. The Labute approximate surface area is 144 Å². The number of nitrogen functional groups attached to an aromatic ring is 2. The van der Waals surface area contributed by atoms with E-state index in [-0.39, 0.29) is 17.4 Å². The number of hydrogen-bond donors (Lipinski definition) is 3. The molecule has 1 amide bonds. The minimum absolute atomic E-state index is 0.0278. The van der Waals surface area contributed by atoms with E-state index in [1.165, 1.54) is 12.1 Å². The Morgan fingerprint density at radius 3 is 1.96 bits per heavy atom. The van der Waals surface area contributed by atoms with Crippen LogP contribution >= 0.6 is 0 Å². The van der Waals surface area contributed by atoms with Crippen LogP contribution in [-0.2, 0) is 4.74 Å². The second-order valence-corrected chi connectivity index (χ2v) is 5.11. The van der Waals surface area contributed by atoms with Gasteiger partial charge in [0, 0.05) is 13.1 Å². The van der Waals surface area contributed by atoms with Gasteiger partial charge in [-0.05, 0) is 24.3 Å². The highest BCUT2D eigenvalue weighted by Gasteiger charge is 2.19. The van der Waals surface area contributed by atoms with Crippen molar-refractivity contribution in [3.63, 3.8) is 0 Å². The fraction of sp³-hybridized carbons (Fsp3) is 0.250. The molecule has 1 aliphatic heterocycles. The summed E-state index contributed by atoms with van der Waals surface area (Å²) in [5.41, 5.74) is 11.1. The summed E-state index contributed by atoms with van der Waals surface area (Å²) in [6.07, 6.45) is 0. The normalized spacial score (nSPS) is 13.5. The Morgan fingerprint density at radius 2 is 1.48 bits per heavy atom. The average molecular weight is 345 g/mol. The lowest BCUT2D eigenvalue weighted by Gasteiger charge is -2.26. The molecule has 9 nitrogen and oxygen atoms in total. The molecule has 0 bridgehead atoms. The number of hydrogen-bond acceptors (Lipinski definition) is 7. The summed E-state index contributed by atoms with van der Waals surface area (Å²) >= 11 is 0. The Kier molecular flexibility index (Phi) is 6.24. The van der Waals surface area contributed by atoms with Crippen molar-refractivity contribution in [2.45, 2.75) is 0 Å². The van der Waals surface area contributed by atoms with Crippen LogP contribution in [0.4, 0.5) is 11.6 Å². The number of carboxylic acid groups (broad SMARTS) is 1. The van der Waals surface area contributed by atoms with Gasteiger partial charge < -0.3 is 26.2 Å². The van der Waals surface area contributed by atoms with Crippen molar-refractivity contribution in [1.29, 1.82) is 0 Å². The summed E-state index contributed by atoms with van der Waals surface area (Å²) in [6, 6.07) is 9.54. The predicted molar refractivity (Wildman–Crippen MR) is 91.0 cm³/mol. The van der Waals surface area contributed by atoms with Crippen LogP contribution in [0.2, 0.25) is 0 Å². The fourth-order valence-corrected chi connectivity index (χ4v) is 2.07. The van der Waals surface area contributed by atoms with Gasteiger partial charge in [0.1, 0.15) is 17.3 Å². The van der Waals surface area contributed by atoms with Gasteiger partial charge in [0.25, 0.3) is 5.91 Å². The number of nitrogens with zero attached hydrogens (tertiary/aromatic N) is 3. The van der Waals surface area contributed by atoms with Crippen LogP contribution in [0.1, 0.15) is 21.0 Å². The van der Waals surface area contributed by atoms with Crippen LogP contribution in [0.5, 0.6) is 0 Å². The maximum absolute atomic E-state index is 11.9. The summed E-state index contributed by atoms with van der Waals surface area (Å²) in [5.74, 6) is -0.549. The third-order valence-electron chi connectivity index (χ3n) is 3.28. The molecule has 5 N–H and O–H groups in total. The summed E-state index contributed by atoms with van der Waals surface area (Å²) in [7, 11) is 0. The topological polar surface area (TPSA) is 145 Å². The number of carbonyl (C=O) groups is 2. The standard InChI is InChI=1S/C10H13N3O2.C6H6N2O2/c11-9-3-1-2-8(12-9)10(14)13-4-6-15-7-5-13;7-5-3-1-2-4(8-5)6(9)10/h1-3H,4-7H2,(H2,11,12);1-3H,(H2,7,8)(H,9,10). The maximum atomic E-state index is 11.9. The average Bonchev–Trinajstić information content (AvgIpc) is 2.62. The van der Waals surface area contributed by atoms with Gasteiger partial charge in [0.15, 0.2) is 5.69 Å². The summed E-state index contributed by atoms with van der Waals surface area (Å²) in [6.45, 7) is 2.42. The Bertz CT molecular complexity index is 747. The monoisotopic (exact) mass is 345 g/mol. The van der Waals surface area contributed by atoms with Crippen LogP contribution in [0, 0.1) is 0 Å². The zero-order valence-electron chi connectivity index (χ0n) is 13.5. The number of aromatic nitrogens is 2. The van der Waals surface area contributed by atoms with E-state index in [2.05, 4.69) is 9.97 Å². The lowest BCUT2D eigenvalue weighted by molar-refractivity contribution is 0.0299. The van der Waals surface area contributed by atoms with Crippen molar-refractivity contribution >= 4 is 23.5 Å². The Balaban J connectivity index is 0.000000196. The number of rotatable bonds is 2. The number of anilines is 2. The molecule has 9 heteroatoms. The first-order valence-electron chi connectivity index (χ1n) is 7.53. The van der Waals surface area contributed by atoms with Gasteiger partial charge >= 0.3 is 5.97 Å².